The van der Waals surface area contributed by atoms with Gasteiger partial charge in [-0.2, -0.15) is 0 Å². The van der Waals surface area contributed by atoms with Crippen molar-refractivity contribution in [1.82, 2.24) is 5.32 Å². The lowest BCUT2D eigenvalue weighted by atomic mass is 10.1. The Balaban J connectivity index is 2.47. The zero-order chi connectivity index (χ0) is 9.68. The first-order valence-corrected chi connectivity index (χ1v) is 4.47. The van der Waals surface area contributed by atoms with Crippen LogP contribution < -0.4 is 5.32 Å². The van der Waals surface area contributed by atoms with Crippen molar-refractivity contribution < 1.29 is 0 Å². The number of terminal acetylenes is 1. The SMILES string of the molecule is C#CC(C)NCc1ccc(C)cc1. The van der Waals surface area contributed by atoms with Gasteiger partial charge in [-0.15, -0.1) is 6.42 Å². The Kier molecular flexibility index (Phi) is 3.54. The molecule has 0 aliphatic rings. The topological polar surface area (TPSA) is 12.0 Å². The van der Waals surface area contributed by atoms with E-state index in [0.717, 1.165) is 6.54 Å². The van der Waals surface area contributed by atoms with Crippen LogP contribution in [-0.4, -0.2) is 6.04 Å². The first kappa shape index (κ1) is 9.83. The van der Waals surface area contributed by atoms with Gasteiger partial charge in [-0.25, -0.2) is 0 Å². The van der Waals surface area contributed by atoms with Crippen molar-refractivity contribution in [2.75, 3.05) is 0 Å². The smallest absolute Gasteiger partial charge is 0.0660 e. The van der Waals surface area contributed by atoms with E-state index < -0.39 is 0 Å². The summed E-state index contributed by atoms with van der Waals surface area (Å²) in [5.41, 5.74) is 2.56. The van der Waals surface area contributed by atoms with Gasteiger partial charge in [0, 0.05) is 6.54 Å². The molecule has 0 bridgehead atoms. The van der Waals surface area contributed by atoms with Gasteiger partial charge in [-0.3, -0.25) is 5.32 Å². The van der Waals surface area contributed by atoms with Crippen molar-refractivity contribution in [3.8, 4) is 12.3 Å². The van der Waals surface area contributed by atoms with E-state index in [9.17, 15) is 0 Å². The largest absolute Gasteiger partial charge is 0.300 e. The van der Waals surface area contributed by atoms with Crippen LogP contribution in [0.15, 0.2) is 24.3 Å². The summed E-state index contributed by atoms with van der Waals surface area (Å²) in [4.78, 5) is 0. The summed E-state index contributed by atoms with van der Waals surface area (Å²) in [7, 11) is 0. The van der Waals surface area contributed by atoms with Gasteiger partial charge in [0.15, 0.2) is 0 Å². The fourth-order valence-corrected chi connectivity index (χ4v) is 1.04. The predicted octanol–water partition coefficient (Wildman–Crippen LogP) is 2.11. The molecule has 1 unspecified atom stereocenters. The van der Waals surface area contributed by atoms with Crippen molar-refractivity contribution in [1.29, 1.82) is 0 Å². The molecule has 1 aromatic carbocycles. The van der Waals surface area contributed by atoms with Crippen LogP contribution in [0.4, 0.5) is 0 Å². The van der Waals surface area contributed by atoms with Crippen LogP contribution in [0.5, 0.6) is 0 Å². The summed E-state index contributed by atoms with van der Waals surface area (Å²) >= 11 is 0. The molecule has 13 heavy (non-hydrogen) atoms. The van der Waals surface area contributed by atoms with E-state index in [1.807, 2.05) is 6.92 Å². The minimum Gasteiger partial charge on any atom is -0.300 e. The summed E-state index contributed by atoms with van der Waals surface area (Å²) in [5.74, 6) is 2.64. The average molecular weight is 173 g/mol. The number of hydrogen-bond donors (Lipinski definition) is 1. The summed E-state index contributed by atoms with van der Waals surface area (Å²) in [6.45, 7) is 4.90. The molecule has 0 radical (unpaired) electrons. The number of nitrogens with one attached hydrogen (secondary N) is 1. The lowest BCUT2D eigenvalue weighted by molar-refractivity contribution is 0.648. The molecule has 1 aromatic rings. The molecule has 0 fully saturated rings. The molecule has 1 atom stereocenters. The molecule has 1 nitrogen and oxygen atoms in total. The average Bonchev–Trinajstić information content (AvgIpc) is 2.16. The van der Waals surface area contributed by atoms with Gasteiger partial charge in [-0.1, -0.05) is 35.7 Å². The molecule has 0 amide bonds. The summed E-state index contributed by atoms with van der Waals surface area (Å²) in [6.07, 6.45) is 5.25. The monoisotopic (exact) mass is 173 g/mol. The minimum absolute atomic E-state index is 0.140. The van der Waals surface area contributed by atoms with Gasteiger partial charge in [0.1, 0.15) is 0 Å². The number of rotatable bonds is 3. The third-order valence-electron chi connectivity index (χ3n) is 1.98. The van der Waals surface area contributed by atoms with Gasteiger partial charge in [-0.05, 0) is 19.4 Å². The van der Waals surface area contributed by atoms with Crippen LogP contribution in [0.3, 0.4) is 0 Å². The van der Waals surface area contributed by atoms with Crippen molar-refractivity contribution >= 4 is 0 Å². The highest BCUT2D eigenvalue weighted by Gasteiger charge is 1.95. The predicted molar refractivity (Wildman–Crippen MR) is 56.3 cm³/mol. The molecule has 1 N–H and O–H groups in total. The Morgan fingerprint density at radius 1 is 1.38 bits per heavy atom. The quantitative estimate of drug-likeness (QED) is 0.690. The highest BCUT2D eigenvalue weighted by atomic mass is 14.9. The summed E-state index contributed by atoms with van der Waals surface area (Å²) in [5, 5.41) is 3.23. The van der Waals surface area contributed by atoms with E-state index in [1.165, 1.54) is 11.1 Å². The normalized spacial score (nSPS) is 12.1. The van der Waals surface area contributed by atoms with Crippen molar-refractivity contribution in [2.24, 2.45) is 0 Å². The third-order valence-corrected chi connectivity index (χ3v) is 1.98. The standard InChI is InChI=1S/C12H15N/c1-4-11(3)13-9-12-7-5-10(2)6-8-12/h1,5-8,11,13H,9H2,2-3H3. The first-order chi connectivity index (χ1) is 6.22. The first-order valence-electron chi connectivity index (χ1n) is 4.47. The molecular formula is C12H15N. The molecule has 1 rings (SSSR count). The maximum atomic E-state index is 5.25. The molecule has 0 aliphatic heterocycles. The molecule has 0 saturated heterocycles. The fraction of sp³-hybridized carbons (Fsp3) is 0.333. The molecule has 0 heterocycles. The number of hydrogen-bond acceptors (Lipinski definition) is 1. The Morgan fingerprint density at radius 2 is 2.00 bits per heavy atom. The summed E-state index contributed by atoms with van der Waals surface area (Å²) in [6, 6.07) is 8.59. The molecule has 0 spiro atoms. The minimum atomic E-state index is 0.140. The second-order valence-electron chi connectivity index (χ2n) is 3.25. The lowest BCUT2D eigenvalue weighted by Gasteiger charge is -2.07. The fourth-order valence-electron chi connectivity index (χ4n) is 1.04. The Hall–Kier alpha value is -1.26. The summed E-state index contributed by atoms with van der Waals surface area (Å²) < 4.78 is 0. The zero-order valence-corrected chi connectivity index (χ0v) is 8.17. The highest BCUT2D eigenvalue weighted by Crippen LogP contribution is 2.02. The molecule has 1 heteroatoms. The highest BCUT2D eigenvalue weighted by molar-refractivity contribution is 5.21. The van der Waals surface area contributed by atoms with Crippen LogP contribution in [0.2, 0.25) is 0 Å². The molecule has 0 saturated carbocycles. The lowest BCUT2D eigenvalue weighted by Crippen LogP contribution is -2.23. The van der Waals surface area contributed by atoms with E-state index in [-0.39, 0.29) is 6.04 Å². The van der Waals surface area contributed by atoms with Crippen LogP contribution in [0.1, 0.15) is 18.1 Å². The maximum Gasteiger partial charge on any atom is 0.0660 e. The molecular weight excluding hydrogens is 158 g/mol. The Morgan fingerprint density at radius 3 is 2.54 bits per heavy atom. The Bertz CT molecular complexity index is 292. The van der Waals surface area contributed by atoms with Crippen LogP contribution in [0.25, 0.3) is 0 Å². The van der Waals surface area contributed by atoms with Crippen molar-refractivity contribution in [3.05, 3.63) is 35.4 Å². The van der Waals surface area contributed by atoms with E-state index >= 15 is 0 Å². The Labute approximate surface area is 80.2 Å². The molecule has 0 aliphatic carbocycles. The number of aryl methyl sites for hydroxylation is 1. The maximum absolute atomic E-state index is 5.25. The third kappa shape index (κ3) is 3.31. The van der Waals surface area contributed by atoms with E-state index in [0.29, 0.717) is 0 Å². The van der Waals surface area contributed by atoms with Gasteiger partial charge < -0.3 is 0 Å². The van der Waals surface area contributed by atoms with Crippen LogP contribution in [0, 0.1) is 19.3 Å². The zero-order valence-electron chi connectivity index (χ0n) is 8.17. The van der Waals surface area contributed by atoms with Gasteiger partial charge >= 0.3 is 0 Å². The van der Waals surface area contributed by atoms with Crippen molar-refractivity contribution in [3.63, 3.8) is 0 Å². The van der Waals surface area contributed by atoms with Crippen molar-refractivity contribution in [2.45, 2.75) is 26.4 Å². The van der Waals surface area contributed by atoms with Gasteiger partial charge in [0.2, 0.25) is 0 Å². The second-order valence-corrected chi connectivity index (χ2v) is 3.25. The van der Waals surface area contributed by atoms with E-state index in [1.54, 1.807) is 0 Å². The van der Waals surface area contributed by atoms with E-state index in [4.69, 9.17) is 6.42 Å². The molecule has 0 aromatic heterocycles. The van der Waals surface area contributed by atoms with Crippen LogP contribution >= 0.6 is 0 Å². The van der Waals surface area contributed by atoms with Gasteiger partial charge in [0.25, 0.3) is 0 Å². The van der Waals surface area contributed by atoms with E-state index in [2.05, 4.69) is 42.4 Å². The van der Waals surface area contributed by atoms with Gasteiger partial charge in [0.05, 0.1) is 6.04 Å². The molecule has 68 valence electrons. The second kappa shape index (κ2) is 4.69. The van der Waals surface area contributed by atoms with Crippen LogP contribution in [-0.2, 0) is 6.54 Å². The number of benzene rings is 1.